The molecular weight excluding hydrogens is 566 g/mol. The molecule has 188 valence electrons. The van der Waals surface area contributed by atoms with E-state index in [1.54, 1.807) is 37.4 Å². The molecule has 0 spiro atoms. The van der Waals surface area contributed by atoms with E-state index in [1.165, 1.54) is 16.4 Å². The molecule has 0 saturated heterocycles. The molecule has 0 fully saturated rings. The van der Waals surface area contributed by atoms with E-state index in [2.05, 4.69) is 26.6 Å². The number of halogens is 1. The molecule has 0 bridgehead atoms. The number of fused-ring (bicyclic) bond motifs is 1. The van der Waals surface area contributed by atoms with Crippen molar-refractivity contribution in [1.82, 2.24) is 5.32 Å². The van der Waals surface area contributed by atoms with Crippen LogP contribution in [0.2, 0.25) is 0 Å². The van der Waals surface area contributed by atoms with Gasteiger partial charge in [0, 0.05) is 24.9 Å². The molecule has 1 aliphatic heterocycles. The smallest absolute Gasteiger partial charge is 0.264 e. The molecule has 3 aromatic carbocycles. The Morgan fingerprint density at radius 1 is 1.08 bits per heavy atom. The molecule has 1 amide bonds. The zero-order valence-electron chi connectivity index (χ0n) is 19.4. The second-order valence-electron chi connectivity index (χ2n) is 7.87. The van der Waals surface area contributed by atoms with Gasteiger partial charge >= 0.3 is 0 Å². The molecule has 0 aliphatic carbocycles. The van der Waals surface area contributed by atoms with Gasteiger partial charge in [0.1, 0.15) is 12.4 Å². The Bertz CT molecular complexity index is 1380. The second kappa shape index (κ2) is 11.4. The lowest BCUT2D eigenvalue weighted by atomic mass is 10.2. The highest BCUT2D eigenvalue weighted by Gasteiger charge is 2.30. The Balaban J connectivity index is 1.37. The SMILES string of the molecule is COCCOc1ccc(C(=O)NC(=S)Nc2ccc(S(=O)(=O)N3CCc4ccccc43)cc2)cc1Br. The van der Waals surface area contributed by atoms with Gasteiger partial charge in [-0.05, 0) is 88.7 Å². The maximum Gasteiger partial charge on any atom is 0.264 e. The molecule has 0 radical (unpaired) electrons. The average Bonchev–Trinajstić information content (AvgIpc) is 3.30. The minimum Gasteiger partial charge on any atom is -0.490 e. The van der Waals surface area contributed by atoms with Gasteiger partial charge in [-0.3, -0.25) is 14.4 Å². The number of nitrogens with one attached hydrogen (secondary N) is 2. The van der Waals surface area contributed by atoms with Gasteiger partial charge < -0.3 is 14.8 Å². The fraction of sp³-hybridized carbons (Fsp3) is 0.200. The fourth-order valence-corrected chi connectivity index (χ4v) is 5.93. The topological polar surface area (TPSA) is 97.0 Å². The van der Waals surface area contributed by atoms with Crippen LogP contribution in [0.1, 0.15) is 15.9 Å². The molecule has 11 heteroatoms. The molecular formula is C25H24BrN3O5S2. The van der Waals surface area contributed by atoms with Crippen LogP contribution < -0.4 is 19.7 Å². The summed E-state index contributed by atoms with van der Waals surface area (Å²) in [6.45, 7) is 1.25. The van der Waals surface area contributed by atoms with Gasteiger partial charge in [-0.1, -0.05) is 18.2 Å². The van der Waals surface area contributed by atoms with E-state index in [4.69, 9.17) is 21.7 Å². The number of methoxy groups -OCH3 is 1. The molecule has 1 heterocycles. The summed E-state index contributed by atoms with van der Waals surface area (Å²) in [6, 6.07) is 18.7. The van der Waals surface area contributed by atoms with Crippen molar-refractivity contribution < 1.29 is 22.7 Å². The van der Waals surface area contributed by atoms with Gasteiger partial charge in [0.15, 0.2) is 5.11 Å². The van der Waals surface area contributed by atoms with E-state index in [-0.39, 0.29) is 10.0 Å². The maximum atomic E-state index is 13.2. The summed E-state index contributed by atoms with van der Waals surface area (Å²) < 4.78 is 38.9. The number of hydrogen-bond acceptors (Lipinski definition) is 6. The maximum absolute atomic E-state index is 13.2. The first-order chi connectivity index (χ1) is 17.3. The lowest BCUT2D eigenvalue weighted by molar-refractivity contribution is 0.0977. The monoisotopic (exact) mass is 589 g/mol. The lowest BCUT2D eigenvalue weighted by Gasteiger charge is -2.19. The summed E-state index contributed by atoms with van der Waals surface area (Å²) in [7, 11) is -2.10. The highest BCUT2D eigenvalue weighted by atomic mass is 79.9. The number of anilines is 2. The number of thiocarbonyl (C=S) groups is 1. The highest BCUT2D eigenvalue weighted by Crippen LogP contribution is 2.33. The first-order valence-electron chi connectivity index (χ1n) is 11.0. The van der Waals surface area contributed by atoms with Crippen molar-refractivity contribution in [3.63, 3.8) is 0 Å². The summed E-state index contributed by atoms with van der Waals surface area (Å²) in [5.41, 5.74) is 2.66. The van der Waals surface area contributed by atoms with Crippen molar-refractivity contribution in [2.24, 2.45) is 0 Å². The lowest BCUT2D eigenvalue weighted by Crippen LogP contribution is -2.34. The van der Waals surface area contributed by atoms with Gasteiger partial charge in [-0.25, -0.2) is 8.42 Å². The van der Waals surface area contributed by atoms with Crippen LogP contribution in [0.3, 0.4) is 0 Å². The summed E-state index contributed by atoms with van der Waals surface area (Å²) in [6.07, 6.45) is 0.684. The number of amides is 1. The summed E-state index contributed by atoms with van der Waals surface area (Å²) in [5, 5.41) is 5.61. The number of nitrogens with zero attached hydrogens (tertiary/aromatic N) is 1. The van der Waals surface area contributed by atoms with E-state index < -0.39 is 15.9 Å². The van der Waals surface area contributed by atoms with Crippen molar-refractivity contribution in [1.29, 1.82) is 0 Å². The molecule has 0 atom stereocenters. The number of rotatable bonds is 8. The number of carbonyl (C=O) groups is 1. The summed E-state index contributed by atoms with van der Waals surface area (Å²) >= 11 is 8.66. The van der Waals surface area contributed by atoms with Crippen LogP contribution in [0.15, 0.2) is 76.1 Å². The fourth-order valence-electron chi connectivity index (χ4n) is 3.73. The predicted molar refractivity (Wildman–Crippen MR) is 146 cm³/mol. The van der Waals surface area contributed by atoms with Crippen LogP contribution in [-0.4, -0.2) is 46.3 Å². The van der Waals surface area contributed by atoms with Crippen LogP contribution >= 0.6 is 28.1 Å². The van der Waals surface area contributed by atoms with Crippen molar-refractivity contribution in [2.75, 3.05) is 36.5 Å². The van der Waals surface area contributed by atoms with E-state index in [1.807, 2.05) is 24.3 Å². The number of sulfonamides is 1. The molecule has 1 aliphatic rings. The van der Waals surface area contributed by atoms with Crippen LogP contribution in [-0.2, 0) is 21.2 Å². The van der Waals surface area contributed by atoms with E-state index >= 15 is 0 Å². The van der Waals surface area contributed by atoms with Gasteiger partial charge in [0.2, 0.25) is 0 Å². The first-order valence-corrected chi connectivity index (χ1v) is 13.7. The first kappa shape index (κ1) is 26.1. The molecule has 0 unspecified atom stereocenters. The minimum absolute atomic E-state index is 0.0839. The normalized spacial score (nSPS) is 12.7. The summed E-state index contributed by atoms with van der Waals surface area (Å²) in [5.74, 6) is 0.195. The predicted octanol–water partition coefficient (Wildman–Crippen LogP) is 4.35. The van der Waals surface area contributed by atoms with Crippen LogP contribution in [0, 0.1) is 0 Å². The third-order valence-electron chi connectivity index (χ3n) is 5.51. The van der Waals surface area contributed by atoms with Gasteiger partial charge in [0.05, 0.1) is 21.7 Å². The summed E-state index contributed by atoms with van der Waals surface area (Å²) in [4.78, 5) is 12.8. The third kappa shape index (κ3) is 5.86. The minimum atomic E-state index is -3.69. The van der Waals surface area contributed by atoms with Crippen molar-refractivity contribution in [3.8, 4) is 5.75 Å². The quantitative estimate of drug-likeness (QED) is 0.298. The van der Waals surface area contributed by atoms with Crippen molar-refractivity contribution in [3.05, 3.63) is 82.3 Å². The largest absolute Gasteiger partial charge is 0.490 e. The Hall–Kier alpha value is -2.99. The number of carbonyl (C=O) groups excluding carboxylic acids is 1. The van der Waals surface area contributed by atoms with Gasteiger partial charge in [0.25, 0.3) is 15.9 Å². The third-order valence-corrected chi connectivity index (χ3v) is 8.16. The number of ether oxygens (including phenoxy) is 2. The molecule has 4 rings (SSSR count). The Labute approximate surface area is 223 Å². The van der Waals surface area contributed by atoms with Crippen molar-refractivity contribution >= 4 is 60.6 Å². The zero-order valence-corrected chi connectivity index (χ0v) is 22.6. The molecule has 36 heavy (non-hydrogen) atoms. The molecule has 3 aromatic rings. The van der Waals surface area contributed by atoms with E-state index in [9.17, 15) is 13.2 Å². The van der Waals surface area contributed by atoms with Crippen molar-refractivity contribution in [2.45, 2.75) is 11.3 Å². The van der Waals surface area contributed by atoms with Gasteiger partial charge in [-0.2, -0.15) is 0 Å². The van der Waals surface area contributed by atoms with E-state index in [0.717, 1.165) is 5.56 Å². The van der Waals surface area contributed by atoms with Crippen LogP contribution in [0.5, 0.6) is 5.75 Å². The highest BCUT2D eigenvalue weighted by molar-refractivity contribution is 9.10. The molecule has 8 nitrogen and oxygen atoms in total. The second-order valence-corrected chi connectivity index (χ2v) is 11.0. The van der Waals surface area contributed by atoms with Gasteiger partial charge in [-0.15, -0.1) is 0 Å². The zero-order chi connectivity index (χ0) is 25.7. The van der Waals surface area contributed by atoms with Crippen LogP contribution in [0.25, 0.3) is 0 Å². The molecule has 0 saturated carbocycles. The standard InChI is InChI=1S/C25H24BrN3O5S2/c1-33-14-15-34-23-11-6-18(16-21(23)26)24(30)28-25(35)27-19-7-9-20(10-8-19)36(31,32)29-13-12-17-4-2-3-5-22(17)29/h2-11,16H,12-15H2,1H3,(H2,27,28,30,35). The average molecular weight is 591 g/mol. The Kier molecular flexibility index (Phi) is 8.24. The Morgan fingerprint density at radius 3 is 2.56 bits per heavy atom. The van der Waals surface area contributed by atoms with E-state index in [0.29, 0.717) is 53.3 Å². The number of benzene rings is 3. The number of para-hydroxylation sites is 1. The molecule has 2 N–H and O–H groups in total. The Morgan fingerprint density at radius 2 is 1.83 bits per heavy atom. The molecule has 0 aromatic heterocycles. The van der Waals surface area contributed by atoms with Crippen LogP contribution in [0.4, 0.5) is 11.4 Å². The number of hydrogen-bond donors (Lipinski definition) is 2.